The number of imidazole rings is 1. The fraction of sp³-hybridized carbons (Fsp3) is 0.571. The van der Waals surface area contributed by atoms with Gasteiger partial charge in [-0.2, -0.15) is 0 Å². The van der Waals surface area contributed by atoms with Crippen LogP contribution >= 0.6 is 0 Å². The van der Waals surface area contributed by atoms with Crippen LogP contribution in [0.3, 0.4) is 0 Å². The molecule has 2 saturated heterocycles. The van der Waals surface area contributed by atoms with Crippen molar-refractivity contribution in [3.8, 4) is 0 Å². The van der Waals surface area contributed by atoms with E-state index in [0.717, 1.165) is 12.8 Å². The van der Waals surface area contributed by atoms with E-state index in [1.165, 1.54) is 17.1 Å². The van der Waals surface area contributed by atoms with E-state index in [9.17, 15) is 19.5 Å². The molecule has 190 valence electrons. The molecule has 14 nitrogen and oxygen atoms in total. The molecule has 5 N–H and O–H groups in total. The third kappa shape index (κ3) is 5.11. The summed E-state index contributed by atoms with van der Waals surface area (Å²) < 4.78 is 14.0. The molecule has 0 saturated carbocycles. The number of aliphatic hydroxyl groups excluding tert-OH is 3. The molecule has 2 aliphatic heterocycles. The Labute approximate surface area is 197 Å². The zero-order valence-corrected chi connectivity index (χ0v) is 19.0. The summed E-state index contributed by atoms with van der Waals surface area (Å²) in [6, 6.07) is 0. The van der Waals surface area contributed by atoms with Crippen LogP contribution in [0.1, 0.15) is 44.2 Å². The number of hydrogen-bond donors (Lipinski definition) is 5. The van der Waals surface area contributed by atoms with Crippen LogP contribution in [-0.4, -0.2) is 75.9 Å². The average Bonchev–Trinajstić information content (AvgIpc) is 3.58. The van der Waals surface area contributed by atoms with E-state index >= 15 is 0 Å². The molecule has 5 atom stereocenters. The summed E-state index contributed by atoms with van der Waals surface area (Å²) in [6.07, 6.45) is 4.11. The Morgan fingerprint density at radius 3 is 2.51 bits per heavy atom. The Morgan fingerprint density at radius 2 is 1.86 bits per heavy atom. The number of rotatable bonds is 5. The van der Waals surface area contributed by atoms with E-state index in [0.29, 0.717) is 23.1 Å². The van der Waals surface area contributed by atoms with Gasteiger partial charge in [0.15, 0.2) is 11.2 Å². The first-order chi connectivity index (χ1) is 16.9. The summed E-state index contributed by atoms with van der Waals surface area (Å²) in [5, 5.41) is 27.6. The van der Waals surface area contributed by atoms with Crippen LogP contribution in [-0.2, 0) is 15.9 Å². The Balaban J connectivity index is 0.000000165. The number of nitrogens with one attached hydrogen (secondary N) is 2. The molecule has 3 aromatic rings. The van der Waals surface area contributed by atoms with E-state index in [2.05, 4.69) is 19.9 Å². The van der Waals surface area contributed by atoms with E-state index < -0.39 is 29.7 Å². The molecule has 3 aromatic heterocycles. The maximum Gasteiger partial charge on any atom is 0.330 e. The van der Waals surface area contributed by atoms with E-state index in [4.69, 9.17) is 19.7 Å². The van der Waals surface area contributed by atoms with Crippen LogP contribution in [0.15, 0.2) is 33.2 Å². The van der Waals surface area contributed by atoms with E-state index in [1.807, 2.05) is 0 Å². The second-order valence-corrected chi connectivity index (χ2v) is 8.32. The first kappa shape index (κ1) is 24.9. The number of hydrogen-bond acceptors (Lipinski definition) is 10. The molecular formula is C21H28N6O8. The van der Waals surface area contributed by atoms with Gasteiger partial charge in [0, 0.05) is 18.2 Å². The first-order valence-corrected chi connectivity index (χ1v) is 11.3. The second-order valence-electron chi connectivity index (χ2n) is 8.32. The highest BCUT2D eigenvalue weighted by molar-refractivity contribution is 5.68. The molecule has 0 amide bonds. The van der Waals surface area contributed by atoms with Crippen molar-refractivity contribution in [1.29, 1.82) is 0 Å². The van der Waals surface area contributed by atoms with Crippen LogP contribution in [0.2, 0.25) is 0 Å². The van der Waals surface area contributed by atoms with Gasteiger partial charge in [-0.15, -0.1) is 0 Å². The molecule has 5 rings (SSSR count). The summed E-state index contributed by atoms with van der Waals surface area (Å²) in [7, 11) is 0. The van der Waals surface area contributed by atoms with Gasteiger partial charge >= 0.3 is 5.69 Å². The van der Waals surface area contributed by atoms with E-state index in [-0.39, 0.29) is 37.5 Å². The average molecular weight is 492 g/mol. The summed E-state index contributed by atoms with van der Waals surface area (Å²) in [6.45, 7) is 1.51. The molecular weight excluding hydrogens is 464 g/mol. The third-order valence-corrected chi connectivity index (χ3v) is 6.08. The second kappa shape index (κ2) is 10.6. The van der Waals surface area contributed by atoms with Crippen LogP contribution in [0, 0.1) is 0 Å². The van der Waals surface area contributed by atoms with E-state index in [1.54, 1.807) is 17.8 Å². The van der Waals surface area contributed by atoms with Gasteiger partial charge < -0.3 is 29.8 Å². The van der Waals surface area contributed by atoms with Crippen LogP contribution < -0.4 is 16.8 Å². The molecule has 0 radical (unpaired) electrons. The summed E-state index contributed by atoms with van der Waals surface area (Å²) in [5.41, 5.74) is 0.0514. The molecule has 0 spiro atoms. The number of fused-ring (bicyclic) bond motifs is 1. The zero-order valence-electron chi connectivity index (χ0n) is 19.0. The summed E-state index contributed by atoms with van der Waals surface area (Å²) in [5.74, 6) is 0. The molecule has 0 aliphatic carbocycles. The van der Waals surface area contributed by atoms with Gasteiger partial charge in [-0.1, -0.05) is 6.92 Å². The molecule has 0 bridgehead atoms. The van der Waals surface area contributed by atoms with Gasteiger partial charge in [0.25, 0.3) is 11.1 Å². The van der Waals surface area contributed by atoms with Crippen LogP contribution in [0.25, 0.3) is 11.2 Å². The summed E-state index contributed by atoms with van der Waals surface area (Å²) in [4.78, 5) is 47.4. The largest absolute Gasteiger partial charge is 0.394 e. The minimum absolute atomic E-state index is 0.0111. The Morgan fingerprint density at radius 1 is 1.06 bits per heavy atom. The Bertz CT molecular complexity index is 1330. The first-order valence-electron chi connectivity index (χ1n) is 11.3. The maximum atomic E-state index is 11.7. The van der Waals surface area contributed by atoms with Gasteiger partial charge in [-0.25, -0.2) is 14.8 Å². The summed E-state index contributed by atoms with van der Waals surface area (Å²) >= 11 is 0. The van der Waals surface area contributed by atoms with Crippen LogP contribution in [0.5, 0.6) is 0 Å². The van der Waals surface area contributed by atoms with Crippen molar-refractivity contribution >= 4 is 11.2 Å². The Kier molecular flexibility index (Phi) is 7.57. The number of aromatic nitrogens is 6. The minimum Gasteiger partial charge on any atom is -0.394 e. The van der Waals surface area contributed by atoms with Gasteiger partial charge in [0.2, 0.25) is 0 Å². The quantitative estimate of drug-likeness (QED) is 0.280. The topological polar surface area (TPSA) is 198 Å². The van der Waals surface area contributed by atoms with Crippen molar-refractivity contribution in [1.82, 2.24) is 29.1 Å². The zero-order chi connectivity index (χ0) is 25.1. The molecule has 35 heavy (non-hydrogen) atoms. The van der Waals surface area contributed by atoms with Crippen molar-refractivity contribution < 1.29 is 24.8 Å². The standard InChI is InChI=1S/C11H16N2O5.C10H12N4O3/c1-2-6-4-13(11(17)12-10(6)16)9-3-7(15)8(5-14)18-9;15-3-6-1-2-7(17-6)14-5-13-8-9(14)11-4-12-10(8)16/h4,7-9,14-15H,2-3,5H2,1H3,(H,12,16,17);4-7,15H,1-3H2,(H,11,12,16)/t7-,8+,9+;6-,7+/m00/s1. The highest BCUT2D eigenvalue weighted by Crippen LogP contribution is 2.29. The molecule has 5 heterocycles. The van der Waals surface area contributed by atoms with Gasteiger partial charge in [0.1, 0.15) is 18.6 Å². The third-order valence-electron chi connectivity index (χ3n) is 6.08. The van der Waals surface area contributed by atoms with Crippen molar-refractivity contribution in [2.45, 2.75) is 63.4 Å². The number of ether oxygens (including phenoxy) is 2. The lowest BCUT2D eigenvalue weighted by Crippen LogP contribution is -2.34. The molecule has 14 heteroatoms. The van der Waals surface area contributed by atoms with Crippen molar-refractivity contribution in [2.24, 2.45) is 0 Å². The van der Waals surface area contributed by atoms with Gasteiger partial charge in [-0.3, -0.25) is 23.7 Å². The van der Waals surface area contributed by atoms with Crippen molar-refractivity contribution in [3.05, 3.63) is 55.6 Å². The van der Waals surface area contributed by atoms with Crippen molar-refractivity contribution in [2.75, 3.05) is 13.2 Å². The minimum atomic E-state index is -0.816. The number of nitrogens with zero attached hydrogens (tertiary/aromatic N) is 4. The van der Waals surface area contributed by atoms with Gasteiger partial charge in [-0.05, 0) is 19.3 Å². The predicted molar refractivity (Wildman–Crippen MR) is 121 cm³/mol. The SMILES string of the molecule is CCc1cn([C@H]2C[C@H](O)[C@@H](CO)O2)c(=O)[nH]c1=O.O=c1[nH]cnc2c1ncn2[C@H]1CC[C@@H](CO)O1. The number of aryl methyl sites for hydroxylation is 1. The Hall–Kier alpha value is -3.17. The normalized spacial score (nSPS) is 26.1. The van der Waals surface area contributed by atoms with Gasteiger partial charge in [0.05, 0.1) is 38.1 Å². The number of aliphatic hydroxyl groups is 3. The predicted octanol–water partition coefficient (Wildman–Crippen LogP) is -1.47. The monoisotopic (exact) mass is 492 g/mol. The lowest BCUT2D eigenvalue weighted by molar-refractivity contribution is -0.0459. The highest BCUT2D eigenvalue weighted by atomic mass is 16.5. The van der Waals surface area contributed by atoms with Crippen LogP contribution in [0.4, 0.5) is 0 Å². The molecule has 2 aliphatic rings. The fourth-order valence-electron chi connectivity index (χ4n) is 4.14. The molecule has 0 unspecified atom stereocenters. The lowest BCUT2D eigenvalue weighted by atomic mass is 10.2. The maximum absolute atomic E-state index is 11.7. The smallest absolute Gasteiger partial charge is 0.330 e. The number of H-pyrrole nitrogens is 2. The van der Waals surface area contributed by atoms with Crippen molar-refractivity contribution in [3.63, 3.8) is 0 Å². The highest BCUT2D eigenvalue weighted by Gasteiger charge is 2.35. The molecule has 2 fully saturated rings. The molecule has 0 aromatic carbocycles. The number of aromatic amines is 2. The lowest BCUT2D eigenvalue weighted by Gasteiger charge is -2.14. The fourth-order valence-corrected chi connectivity index (χ4v) is 4.14.